The number of hydrogen-bond acceptors (Lipinski definition) is 5. The van der Waals surface area contributed by atoms with Crippen LogP contribution in [0.4, 0.5) is 0 Å². The fourth-order valence-electron chi connectivity index (χ4n) is 1.63. The molecule has 0 amide bonds. The van der Waals surface area contributed by atoms with E-state index in [1.165, 1.54) is 6.42 Å². The van der Waals surface area contributed by atoms with Gasteiger partial charge in [-0.05, 0) is 32.5 Å². The fourth-order valence-corrected chi connectivity index (χ4v) is 1.63. The highest BCUT2D eigenvalue weighted by Crippen LogP contribution is 1.83. The lowest BCUT2D eigenvalue weighted by atomic mass is 10.3. The number of hydrazine groups is 1. The van der Waals surface area contributed by atoms with Crippen molar-refractivity contribution in [3.05, 3.63) is 0 Å². The molecule has 0 unspecified atom stereocenters. The van der Waals surface area contributed by atoms with Crippen molar-refractivity contribution in [3.63, 3.8) is 0 Å². The molecule has 1 aliphatic rings. The normalized spacial score (nSPS) is 24.6. The van der Waals surface area contributed by atoms with Gasteiger partial charge in [0.25, 0.3) is 0 Å². The van der Waals surface area contributed by atoms with E-state index in [2.05, 4.69) is 16.0 Å². The molecule has 0 aliphatic carbocycles. The van der Waals surface area contributed by atoms with Crippen LogP contribution in [0.2, 0.25) is 0 Å². The molecule has 1 heterocycles. The van der Waals surface area contributed by atoms with Gasteiger partial charge in [0.15, 0.2) is 0 Å². The van der Waals surface area contributed by atoms with Gasteiger partial charge in [0.05, 0.1) is 0 Å². The Bertz CT molecular complexity index is 128. The Morgan fingerprint density at radius 1 is 0.667 bits per heavy atom. The molecule has 0 radical (unpaired) electrons. The van der Waals surface area contributed by atoms with Crippen LogP contribution in [0.3, 0.4) is 0 Å². The van der Waals surface area contributed by atoms with Gasteiger partial charge in [-0.1, -0.05) is 0 Å². The van der Waals surface area contributed by atoms with Crippen molar-refractivity contribution < 1.29 is 0 Å². The molecule has 1 saturated heterocycles. The standard InChI is InChI=1S/C10H25N5/c11-15-9-2-5-13-7-6-12-3-1-4-14-8-10-15/h12-14H,1-11H2. The first-order chi connectivity index (χ1) is 7.39. The minimum absolute atomic E-state index is 0.938. The second-order valence-electron chi connectivity index (χ2n) is 3.99. The highest BCUT2D eigenvalue weighted by molar-refractivity contribution is 4.59. The second-order valence-corrected chi connectivity index (χ2v) is 3.99. The summed E-state index contributed by atoms with van der Waals surface area (Å²) in [5.74, 6) is 5.84. The van der Waals surface area contributed by atoms with Crippen molar-refractivity contribution in [2.45, 2.75) is 12.8 Å². The van der Waals surface area contributed by atoms with Gasteiger partial charge in [-0.2, -0.15) is 0 Å². The molecule has 0 spiro atoms. The Hall–Kier alpha value is -0.200. The van der Waals surface area contributed by atoms with E-state index in [1.807, 2.05) is 5.01 Å². The molecule has 0 aromatic rings. The molecular weight excluding hydrogens is 190 g/mol. The number of nitrogens with one attached hydrogen (secondary N) is 3. The average Bonchev–Trinajstić information content (AvgIpc) is 2.24. The summed E-state index contributed by atoms with van der Waals surface area (Å²) in [7, 11) is 0. The maximum atomic E-state index is 5.84. The summed E-state index contributed by atoms with van der Waals surface area (Å²) in [4.78, 5) is 0. The molecule has 0 aromatic carbocycles. The average molecular weight is 215 g/mol. The van der Waals surface area contributed by atoms with Crippen molar-refractivity contribution in [1.82, 2.24) is 21.0 Å². The summed E-state index contributed by atoms with van der Waals surface area (Å²) in [6.07, 6.45) is 2.31. The fraction of sp³-hybridized carbons (Fsp3) is 1.00. The van der Waals surface area contributed by atoms with Crippen LogP contribution in [-0.4, -0.2) is 57.4 Å². The molecule has 5 N–H and O–H groups in total. The first-order valence-corrected chi connectivity index (χ1v) is 6.01. The minimum atomic E-state index is 0.938. The molecule has 0 atom stereocenters. The molecule has 0 aromatic heterocycles. The largest absolute Gasteiger partial charge is 0.315 e. The SMILES string of the molecule is NN1CCCNCCNCCCNCC1. The van der Waals surface area contributed by atoms with Crippen LogP contribution in [0, 0.1) is 0 Å². The molecule has 5 heteroatoms. The highest BCUT2D eigenvalue weighted by atomic mass is 15.4. The Morgan fingerprint density at radius 3 is 2.00 bits per heavy atom. The van der Waals surface area contributed by atoms with Crippen LogP contribution in [0.15, 0.2) is 0 Å². The maximum Gasteiger partial charge on any atom is 0.0253 e. The highest BCUT2D eigenvalue weighted by Gasteiger charge is 1.99. The van der Waals surface area contributed by atoms with Crippen LogP contribution in [0.25, 0.3) is 0 Å². The summed E-state index contributed by atoms with van der Waals surface area (Å²) in [5.41, 5.74) is 0. The van der Waals surface area contributed by atoms with Crippen molar-refractivity contribution in [1.29, 1.82) is 0 Å². The molecule has 5 nitrogen and oxygen atoms in total. The molecule has 0 bridgehead atoms. The van der Waals surface area contributed by atoms with E-state index in [1.54, 1.807) is 0 Å². The van der Waals surface area contributed by atoms with Gasteiger partial charge >= 0.3 is 0 Å². The van der Waals surface area contributed by atoms with E-state index in [0.29, 0.717) is 0 Å². The Kier molecular flexibility index (Phi) is 7.77. The number of hydrogen-bond donors (Lipinski definition) is 4. The Labute approximate surface area is 92.7 Å². The van der Waals surface area contributed by atoms with Crippen molar-refractivity contribution in [3.8, 4) is 0 Å². The molecule has 0 saturated carbocycles. The van der Waals surface area contributed by atoms with Crippen LogP contribution in [0.5, 0.6) is 0 Å². The molecule has 1 fully saturated rings. The van der Waals surface area contributed by atoms with Gasteiger partial charge in [0.2, 0.25) is 0 Å². The van der Waals surface area contributed by atoms with E-state index < -0.39 is 0 Å². The summed E-state index contributed by atoms with van der Waals surface area (Å²) >= 11 is 0. The quantitative estimate of drug-likeness (QED) is 0.379. The van der Waals surface area contributed by atoms with Gasteiger partial charge in [-0.15, -0.1) is 0 Å². The van der Waals surface area contributed by atoms with Gasteiger partial charge in [-0.25, -0.2) is 5.01 Å². The first-order valence-electron chi connectivity index (χ1n) is 6.01. The Morgan fingerprint density at radius 2 is 1.27 bits per heavy atom. The third-order valence-electron chi connectivity index (χ3n) is 2.56. The van der Waals surface area contributed by atoms with Gasteiger partial charge < -0.3 is 16.0 Å². The lowest BCUT2D eigenvalue weighted by molar-refractivity contribution is 0.276. The van der Waals surface area contributed by atoms with Crippen LogP contribution >= 0.6 is 0 Å². The molecule has 1 aliphatic heterocycles. The van der Waals surface area contributed by atoms with E-state index in [0.717, 1.165) is 58.8 Å². The zero-order valence-corrected chi connectivity index (χ0v) is 9.60. The van der Waals surface area contributed by atoms with Gasteiger partial charge in [0.1, 0.15) is 0 Å². The lowest BCUT2D eigenvalue weighted by Gasteiger charge is -2.17. The zero-order chi connectivity index (χ0) is 10.8. The first kappa shape index (κ1) is 12.9. The zero-order valence-electron chi connectivity index (χ0n) is 9.60. The van der Waals surface area contributed by atoms with Crippen LogP contribution in [-0.2, 0) is 0 Å². The summed E-state index contributed by atoms with van der Waals surface area (Å²) in [5, 5.41) is 12.1. The smallest absolute Gasteiger partial charge is 0.0253 e. The lowest BCUT2D eigenvalue weighted by Crippen LogP contribution is -2.40. The van der Waals surface area contributed by atoms with E-state index >= 15 is 0 Å². The van der Waals surface area contributed by atoms with E-state index in [9.17, 15) is 0 Å². The van der Waals surface area contributed by atoms with Crippen molar-refractivity contribution in [2.75, 3.05) is 52.4 Å². The summed E-state index contributed by atoms with van der Waals surface area (Å²) < 4.78 is 0. The number of nitrogens with zero attached hydrogens (tertiary/aromatic N) is 1. The second kappa shape index (κ2) is 9.06. The summed E-state index contributed by atoms with van der Waals surface area (Å²) in [6.45, 7) is 8.25. The summed E-state index contributed by atoms with van der Waals surface area (Å²) in [6, 6.07) is 0. The van der Waals surface area contributed by atoms with Gasteiger partial charge in [0, 0.05) is 32.7 Å². The monoisotopic (exact) mass is 215 g/mol. The van der Waals surface area contributed by atoms with Crippen molar-refractivity contribution in [2.24, 2.45) is 5.84 Å². The molecular formula is C10H25N5. The van der Waals surface area contributed by atoms with Gasteiger partial charge in [-0.3, -0.25) is 5.84 Å². The third-order valence-corrected chi connectivity index (χ3v) is 2.56. The van der Waals surface area contributed by atoms with Crippen molar-refractivity contribution >= 4 is 0 Å². The maximum absolute atomic E-state index is 5.84. The molecule has 90 valence electrons. The van der Waals surface area contributed by atoms with E-state index in [4.69, 9.17) is 5.84 Å². The Balaban J connectivity index is 2.10. The topological polar surface area (TPSA) is 65.3 Å². The van der Waals surface area contributed by atoms with E-state index in [-0.39, 0.29) is 0 Å². The predicted molar refractivity (Wildman–Crippen MR) is 63.6 cm³/mol. The number of rotatable bonds is 0. The molecule has 1 rings (SSSR count). The van der Waals surface area contributed by atoms with Crippen LogP contribution in [0.1, 0.15) is 12.8 Å². The minimum Gasteiger partial charge on any atom is -0.315 e. The third kappa shape index (κ3) is 7.70. The number of nitrogens with two attached hydrogens (primary N) is 1. The van der Waals surface area contributed by atoms with Crippen LogP contribution < -0.4 is 21.8 Å². The molecule has 15 heavy (non-hydrogen) atoms. The predicted octanol–water partition coefficient (Wildman–Crippen LogP) is -1.28.